The summed E-state index contributed by atoms with van der Waals surface area (Å²) in [6.45, 7) is 6.77. The van der Waals surface area contributed by atoms with Gasteiger partial charge < -0.3 is 26.4 Å². The number of benzene rings is 1. The third-order valence-corrected chi connectivity index (χ3v) is 6.34. The van der Waals surface area contributed by atoms with Crippen molar-refractivity contribution >= 4 is 29.6 Å². The van der Waals surface area contributed by atoms with E-state index in [1.54, 1.807) is 32.9 Å². The highest BCUT2D eigenvalue weighted by atomic mass is 16.4. The standard InChI is InChI=1S/C27H38N4O6/c1-16(2)23-27(37)28-18(4)25(35)30-21(15-19-11-7-5-8-12-19)26(36)29-20(17(3)24(34)31-23)13-9-6-10-14-22(32)33/h5-9,11-12,16-18,20-21,23H,10,13-15H2,1-4H3,(H,28,37)(H,29,36)(H,30,35)(H,31,34)(H,32,33)/b9-6-/t17-,18+,20+,21+,23+/m1/s1. The van der Waals surface area contributed by atoms with E-state index in [0.717, 1.165) is 5.56 Å². The summed E-state index contributed by atoms with van der Waals surface area (Å²) >= 11 is 0. The molecule has 0 saturated carbocycles. The van der Waals surface area contributed by atoms with Crippen LogP contribution in [0.2, 0.25) is 0 Å². The minimum Gasteiger partial charge on any atom is -0.481 e. The van der Waals surface area contributed by atoms with Gasteiger partial charge in [0, 0.05) is 18.9 Å². The molecule has 10 heteroatoms. The molecule has 0 aliphatic carbocycles. The molecule has 5 atom stereocenters. The van der Waals surface area contributed by atoms with Gasteiger partial charge in [0.25, 0.3) is 0 Å². The molecule has 4 amide bonds. The quantitative estimate of drug-likeness (QED) is 0.330. The van der Waals surface area contributed by atoms with Crippen LogP contribution in [0.1, 0.15) is 52.5 Å². The number of hydrogen-bond acceptors (Lipinski definition) is 5. The molecule has 0 spiro atoms. The van der Waals surface area contributed by atoms with Crippen LogP contribution in [0.15, 0.2) is 42.5 Å². The van der Waals surface area contributed by atoms with Crippen molar-refractivity contribution in [3.63, 3.8) is 0 Å². The summed E-state index contributed by atoms with van der Waals surface area (Å²) in [6.07, 6.45) is 4.20. The fraction of sp³-hybridized carbons (Fsp3) is 0.519. The molecule has 2 rings (SSSR count). The molecule has 0 aromatic heterocycles. The average molecular weight is 515 g/mol. The van der Waals surface area contributed by atoms with Gasteiger partial charge in [-0.2, -0.15) is 0 Å². The van der Waals surface area contributed by atoms with Gasteiger partial charge in [-0.25, -0.2) is 0 Å². The fourth-order valence-corrected chi connectivity index (χ4v) is 3.97. The van der Waals surface area contributed by atoms with Gasteiger partial charge in [-0.05, 0) is 31.2 Å². The van der Waals surface area contributed by atoms with Crippen molar-refractivity contribution in [3.05, 3.63) is 48.0 Å². The Bertz CT molecular complexity index is 994. The summed E-state index contributed by atoms with van der Waals surface area (Å²) in [5.41, 5.74) is 0.833. The first-order chi connectivity index (χ1) is 17.5. The summed E-state index contributed by atoms with van der Waals surface area (Å²) in [4.78, 5) is 63.2. The van der Waals surface area contributed by atoms with E-state index in [4.69, 9.17) is 5.11 Å². The highest BCUT2D eigenvalue weighted by molar-refractivity contribution is 5.95. The van der Waals surface area contributed by atoms with Crippen molar-refractivity contribution in [2.45, 2.75) is 77.5 Å². The van der Waals surface area contributed by atoms with Crippen molar-refractivity contribution in [1.82, 2.24) is 21.3 Å². The first kappa shape index (κ1) is 29.5. The van der Waals surface area contributed by atoms with E-state index in [-0.39, 0.29) is 25.2 Å². The summed E-state index contributed by atoms with van der Waals surface area (Å²) < 4.78 is 0. The van der Waals surface area contributed by atoms with Gasteiger partial charge >= 0.3 is 5.97 Å². The normalized spacial score (nSPS) is 25.8. The van der Waals surface area contributed by atoms with E-state index in [2.05, 4.69) is 21.3 Å². The zero-order valence-corrected chi connectivity index (χ0v) is 21.8. The van der Waals surface area contributed by atoms with Crippen LogP contribution in [0, 0.1) is 11.8 Å². The third-order valence-electron chi connectivity index (χ3n) is 6.34. The molecule has 1 fully saturated rings. The molecular weight excluding hydrogens is 476 g/mol. The monoisotopic (exact) mass is 514 g/mol. The summed E-state index contributed by atoms with van der Waals surface area (Å²) in [7, 11) is 0. The van der Waals surface area contributed by atoms with Gasteiger partial charge in [0.2, 0.25) is 23.6 Å². The zero-order valence-electron chi connectivity index (χ0n) is 21.8. The molecule has 0 bridgehead atoms. The lowest BCUT2D eigenvalue weighted by Crippen LogP contribution is -2.56. The lowest BCUT2D eigenvalue weighted by atomic mass is 9.94. The van der Waals surface area contributed by atoms with E-state index in [1.807, 2.05) is 30.3 Å². The first-order valence-electron chi connectivity index (χ1n) is 12.6. The van der Waals surface area contributed by atoms with Crippen LogP contribution < -0.4 is 21.3 Å². The smallest absolute Gasteiger partial charge is 0.303 e. The van der Waals surface area contributed by atoms with Crippen LogP contribution >= 0.6 is 0 Å². The predicted molar refractivity (Wildman–Crippen MR) is 138 cm³/mol. The number of allylic oxidation sites excluding steroid dienone is 1. The second-order valence-corrected chi connectivity index (χ2v) is 9.75. The van der Waals surface area contributed by atoms with Gasteiger partial charge in [0.1, 0.15) is 18.1 Å². The zero-order chi connectivity index (χ0) is 27.5. The summed E-state index contributed by atoms with van der Waals surface area (Å²) in [5, 5.41) is 19.9. The van der Waals surface area contributed by atoms with Crippen molar-refractivity contribution in [3.8, 4) is 0 Å². The molecule has 0 unspecified atom stereocenters. The molecule has 1 saturated heterocycles. The number of hydrogen-bond donors (Lipinski definition) is 5. The van der Waals surface area contributed by atoms with E-state index < -0.39 is 59.7 Å². The number of carbonyl (C=O) groups excluding carboxylic acids is 4. The van der Waals surface area contributed by atoms with Crippen LogP contribution in [-0.2, 0) is 30.4 Å². The van der Waals surface area contributed by atoms with Crippen LogP contribution in [0.5, 0.6) is 0 Å². The van der Waals surface area contributed by atoms with Crippen molar-refractivity contribution < 1.29 is 29.1 Å². The van der Waals surface area contributed by atoms with Gasteiger partial charge in [0.15, 0.2) is 0 Å². The summed E-state index contributed by atoms with van der Waals surface area (Å²) in [6, 6.07) is 5.82. The molecule has 1 heterocycles. The Kier molecular flexibility index (Phi) is 11.3. The maximum Gasteiger partial charge on any atom is 0.303 e. The Morgan fingerprint density at radius 2 is 1.57 bits per heavy atom. The fourth-order valence-electron chi connectivity index (χ4n) is 3.97. The van der Waals surface area contributed by atoms with Crippen LogP contribution in [0.25, 0.3) is 0 Å². The second kappa shape index (κ2) is 14.2. The Morgan fingerprint density at radius 1 is 0.892 bits per heavy atom. The molecule has 5 N–H and O–H groups in total. The highest BCUT2D eigenvalue weighted by Gasteiger charge is 2.34. The van der Waals surface area contributed by atoms with Crippen molar-refractivity contribution in [1.29, 1.82) is 0 Å². The van der Waals surface area contributed by atoms with E-state index in [1.165, 1.54) is 6.92 Å². The van der Waals surface area contributed by atoms with Crippen molar-refractivity contribution in [2.24, 2.45) is 11.8 Å². The highest BCUT2D eigenvalue weighted by Crippen LogP contribution is 2.14. The van der Waals surface area contributed by atoms with Gasteiger partial charge in [-0.1, -0.05) is 63.3 Å². The SMILES string of the molecule is CC(C)[C@@H]1NC(=O)[C@H](C)[C@H](C/C=C\CCC(=O)O)NC(=O)[C@H](Cc2ccccc2)NC(=O)[C@H](C)NC1=O. The Balaban J connectivity index is 2.38. The largest absolute Gasteiger partial charge is 0.481 e. The van der Waals surface area contributed by atoms with Crippen molar-refractivity contribution in [2.75, 3.05) is 0 Å². The number of nitrogens with one attached hydrogen (secondary N) is 4. The molecular formula is C27H38N4O6. The van der Waals surface area contributed by atoms with Crippen LogP contribution in [0.3, 0.4) is 0 Å². The van der Waals surface area contributed by atoms with E-state index in [9.17, 15) is 24.0 Å². The minimum absolute atomic E-state index is 0.0297. The third kappa shape index (κ3) is 9.36. The van der Waals surface area contributed by atoms with Crippen LogP contribution in [0.4, 0.5) is 0 Å². The first-order valence-corrected chi connectivity index (χ1v) is 12.6. The molecule has 1 aliphatic heterocycles. The molecule has 37 heavy (non-hydrogen) atoms. The summed E-state index contributed by atoms with van der Waals surface area (Å²) in [5.74, 6) is -3.75. The molecule has 1 aromatic rings. The number of carboxylic acids is 1. The molecule has 1 aromatic carbocycles. The Labute approximate surface area is 217 Å². The minimum atomic E-state index is -0.940. The molecule has 10 nitrogen and oxygen atoms in total. The maximum atomic E-state index is 13.4. The van der Waals surface area contributed by atoms with Crippen LogP contribution in [-0.4, -0.2) is 58.9 Å². The van der Waals surface area contributed by atoms with Gasteiger partial charge in [-0.15, -0.1) is 0 Å². The topological polar surface area (TPSA) is 154 Å². The molecule has 0 radical (unpaired) electrons. The predicted octanol–water partition coefficient (Wildman–Crippen LogP) is 1.31. The number of amides is 4. The Hall–Kier alpha value is -3.69. The van der Waals surface area contributed by atoms with E-state index >= 15 is 0 Å². The van der Waals surface area contributed by atoms with E-state index in [0.29, 0.717) is 6.42 Å². The van der Waals surface area contributed by atoms with Gasteiger partial charge in [-0.3, -0.25) is 24.0 Å². The molecule has 202 valence electrons. The lowest BCUT2D eigenvalue weighted by Gasteiger charge is -2.28. The van der Waals surface area contributed by atoms with Gasteiger partial charge in [0.05, 0.1) is 5.92 Å². The average Bonchev–Trinajstić information content (AvgIpc) is 2.84. The lowest BCUT2D eigenvalue weighted by molar-refractivity contribution is -0.137. The molecule has 1 aliphatic rings. The number of carboxylic acid groups (broad SMARTS) is 1. The number of aliphatic carboxylic acids is 1. The number of rotatable bonds is 8. The Morgan fingerprint density at radius 3 is 2.19 bits per heavy atom. The maximum absolute atomic E-state index is 13.4. The number of carbonyl (C=O) groups is 5. The second-order valence-electron chi connectivity index (χ2n) is 9.75.